The number of pyridine rings is 1. The van der Waals surface area contributed by atoms with Crippen LogP contribution >= 0.6 is 0 Å². The Morgan fingerprint density at radius 2 is 1.95 bits per heavy atom. The summed E-state index contributed by atoms with van der Waals surface area (Å²) in [6, 6.07) is 12.8. The molecule has 2 aromatic rings. The van der Waals surface area contributed by atoms with Crippen LogP contribution < -0.4 is 10.6 Å². The standard InChI is InChI=1S/C16H19N3/c17-11-15-16(8-3-9-18-15)19-10-4-7-13-5-1-2-6-14(13)12-19/h1-3,5-6,8-9H,4,7,10-12,17H2. The summed E-state index contributed by atoms with van der Waals surface area (Å²) in [6.07, 6.45) is 4.15. The third kappa shape index (κ3) is 2.47. The van der Waals surface area contributed by atoms with Gasteiger partial charge in [-0.2, -0.15) is 0 Å². The van der Waals surface area contributed by atoms with Gasteiger partial charge in [-0.3, -0.25) is 4.98 Å². The van der Waals surface area contributed by atoms with E-state index in [0.29, 0.717) is 6.54 Å². The Balaban J connectivity index is 1.94. The predicted molar refractivity (Wildman–Crippen MR) is 77.9 cm³/mol. The van der Waals surface area contributed by atoms with Crippen molar-refractivity contribution in [1.29, 1.82) is 0 Å². The molecule has 19 heavy (non-hydrogen) atoms. The maximum Gasteiger partial charge on any atom is 0.0772 e. The number of hydrogen-bond donors (Lipinski definition) is 1. The normalized spacial score (nSPS) is 14.9. The fourth-order valence-electron chi connectivity index (χ4n) is 2.78. The average molecular weight is 253 g/mol. The second-order valence-corrected chi connectivity index (χ2v) is 4.97. The van der Waals surface area contributed by atoms with Gasteiger partial charge in [0.1, 0.15) is 0 Å². The van der Waals surface area contributed by atoms with Crippen LogP contribution in [0.15, 0.2) is 42.6 Å². The summed E-state index contributed by atoms with van der Waals surface area (Å²) >= 11 is 0. The second kappa shape index (κ2) is 5.41. The van der Waals surface area contributed by atoms with E-state index < -0.39 is 0 Å². The molecule has 1 aliphatic heterocycles. The summed E-state index contributed by atoms with van der Waals surface area (Å²) in [5.41, 5.74) is 10.9. The van der Waals surface area contributed by atoms with E-state index in [9.17, 15) is 0 Å². The Morgan fingerprint density at radius 3 is 2.79 bits per heavy atom. The van der Waals surface area contributed by atoms with Crippen molar-refractivity contribution < 1.29 is 0 Å². The molecule has 0 saturated heterocycles. The van der Waals surface area contributed by atoms with Gasteiger partial charge < -0.3 is 10.6 Å². The molecule has 0 spiro atoms. The van der Waals surface area contributed by atoms with Gasteiger partial charge in [-0.25, -0.2) is 0 Å². The highest BCUT2D eigenvalue weighted by Crippen LogP contribution is 2.25. The Labute approximate surface area is 114 Å². The van der Waals surface area contributed by atoms with Crippen molar-refractivity contribution in [1.82, 2.24) is 4.98 Å². The van der Waals surface area contributed by atoms with Crippen LogP contribution in [-0.2, 0) is 19.5 Å². The first-order valence-corrected chi connectivity index (χ1v) is 6.84. The molecule has 1 aliphatic rings. The minimum atomic E-state index is 0.494. The van der Waals surface area contributed by atoms with Crippen molar-refractivity contribution in [3.05, 3.63) is 59.4 Å². The molecule has 1 aromatic carbocycles. The van der Waals surface area contributed by atoms with Gasteiger partial charge in [0, 0.05) is 25.8 Å². The van der Waals surface area contributed by atoms with Crippen molar-refractivity contribution in [3.63, 3.8) is 0 Å². The van der Waals surface area contributed by atoms with Crippen LogP contribution in [0.3, 0.4) is 0 Å². The lowest BCUT2D eigenvalue weighted by atomic mass is 10.0. The van der Waals surface area contributed by atoms with Crippen LogP contribution in [0.4, 0.5) is 5.69 Å². The topological polar surface area (TPSA) is 42.1 Å². The van der Waals surface area contributed by atoms with Crippen LogP contribution in [0.1, 0.15) is 23.2 Å². The largest absolute Gasteiger partial charge is 0.366 e. The number of aromatic nitrogens is 1. The number of nitrogens with zero attached hydrogens (tertiary/aromatic N) is 2. The second-order valence-electron chi connectivity index (χ2n) is 4.97. The molecular formula is C16H19N3. The van der Waals surface area contributed by atoms with Crippen LogP contribution in [0, 0.1) is 0 Å². The summed E-state index contributed by atoms with van der Waals surface area (Å²) in [5.74, 6) is 0. The van der Waals surface area contributed by atoms with E-state index in [2.05, 4.69) is 40.2 Å². The molecule has 0 radical (unpaired) electrons. The van der Waals surface area contributed by atoms with Gasteiger partial charge in [0.15, 0.2) is 0 Å². The van der Waals surface area contributed by atoms with E-state index in [0.717, 1.165) is 25.2 Å². The monoisotopic (exact) mass is 253 g/mol. The Kier molecular flexibility index (Phi) is 3.47. The number of benzene rings is 1. The smallest absolute Gasteiger partial charge is 0.0772 e. The first-order valence-electron chi connectivity index (χ1n) is 6.84. The molecule has 0 atom stereocenters. The van der Waals surface area contributed by atoms with Gasteiger partial charge in [-0.05, 0) is 36.1 Å². The van der Waals surface area contributed by atoms with Crippen molar-refractivity contribution in [2.75, 3.05) is 11.4 Å². The summed E-state index contributed by atoms with van der Waals surface area (Å²) in [5, 5.41) is 0. The molecule has 2 N–H and O–H groups in total. The van der Waals surface area contributed by atoms with Crippen molar-refractivity contribution in [2.24, 2.45) is 5.73 Å². The minimum Gasteiger partial charge on any atom is -0.366 e. The van der Waals surface area contributed by atoms with Crippen LogP contribution in [0.2, 0.25) is 0 Å². The van der Waals surface area contributed by atoms with Gasteiger partial charge in [0.25, 0.3) is 0 Å². The van der Waals surface area contributed by atoms with E-state index in [1.54, 1.807) is 0 Å². The zero-order valence-corrected chi connectivity index (χ0v) is 11.0. The summed E-state index contributed by atoms with van der Waals surface area (Å²) in [6.45, 7) is 2.51. The number of fused-ring (bicyclic) bond motifs is 1. The van der Waals surface area contributed by atoms with Gasteiger partial charge >= 0.3 is 0 Å². The average Bonchev–Trinajstić information content (AvgIpc) is 2.69. The van der Waals surface area contributed by atoms with Crippen molar-refractivity contribution in [2.45, 2.75) is 25.9 Å². The lowest BCUT2D eigenvalue weighted by Gasteiger charge is -2.25. The number of anilines is 1. The van der Waals surface area contributed by atoms with Crippen LogP contribution in [0.25, 0.3) is 0 Å². The van der Waals surface area contributed by atoms with E-state index in [1.165, 1.54) is 23.2 Å². The highest BCUT2D eigenvalue weighted by atomic mass is 15.1. The molecule has 2 heterocycles. The molecular weight excluding hydrogens is 234 g/mol. The molecule has 0 saturated carbocycles. The third-order valence-electron chi connectivity index (χ3n) is 3.75. The Morgan fingerprint density at radius 1 is 1.11 bits per heavy atom. The lowest BCUT2D eigenvalue weighted by Crippen LogP contribution is -2.24. The fourth-order valence-corrected chi connectivity index (χ4v) is 2.78. The van der Waals surface area contributed by atoms with E-state index in [4.69, 9.17) is 5.73 Å². The molecule has 0 bridgehead atoms. The van der Waals surface area contributed by atoms with Crippen molar-refractivity contribution >= 4 is 5.69 Å². The van der Waals surface area contributed by atoms with Crippen LogP contribution in [0.5, 0.6) is 0 Å². The minimum absolute atomic E-state index is 0.494. The van der Waals surface area contributed by atoms with Gasteiger partial charge in [0.2, 0.25) is 0 Å². The predicted octanol–water partition coefficient (Wildman–Crippen LogP) is 2.49. The van der Waals surface area contributed by atoms with E-state index in [1.807, 2.05) is 12.3 Å². The summed E-state index contributed by atoms with van der Waals surface area (Å²) in [7, 11) is 0. The molecule has 3 rings (SSSR count). The molecule has 3 nitrogen and oxygen atoms in total. The first kappa shape index (κ1) is 12.2. The Hall–Kier alpha value is -1.87. The number of rotatable bonds is 2. The maximum atomic E-state index is 5.80. The molecule has 0 unspecified atom stereocenters. The Bertz CT molecular complexity index is 565. The SMILES string of the molecule is NCc1ncccc1N1CCCc2ccccc2C1. The molecule has 3 heteroatoms. The number of aryl methyl sites for hydroxylation is 1. The van der Waals surface area contributed by atoms with Crippen LogP contribution in [-0.4, -0.2) is 11.5 Å². The quantitative estimate of drug-likeness (QED) is 0.894. The fraction of sp³-hybridized carbons (Fsp3) is 0.312. The van der Waals surface area contributed by atoms with Gasteiger partial charge in [0.05, 0.1) is 11.4 Å². The number of nitrogens with two attached hydrogens (primary N) is 1. The van der Waals surface area contributed by atoms with E-state index >= 15 is 0 Å². The molecule has 0 fully saturated rings. The summed E-state index contributed by atoms with van der Waals surface area (Å²) < 4.78 is 0. The maximum absolute atomic E-state index is 5.80. The highest BCUT2D eigenvalue weighted by Gasteiger charge is 2.16. The third-order valence-corrected chi connectivity index (χ3v) is 3.75. The van der Waals surface area contributed by atoms with Gasteiger partial charge in [-0.1, -0.05) is 24.3 Å². The highest BCUT2D eigenvalue weighted by molar-refractivity contribution is 5.52. The molecule has 0 amide bonds. The molecule has 98 valence electrons. The zero-order valence-electron chi connectivity index (χ0n) is 11.0. The van der Waals surface area contributed by atoms with E-state index in [-0.39, 0.29) is 0 Å². The lowest BCUT2D eigenvalue weighted by molar-refractivity contribution is 0.756. The summed E-state index contributed by atoms with van der Waals surface area (Å²) in [4.78, 5) is 6.80. The molecule has 1 aromatic heterocycles. The first-order chi connectivity index (χ1) is 9.38. The van der Waals surface area contributed by atoms with Gasteiger partial charge in [-0.15, -0.1) is 0 Å². The number of hydrogen-bond acceptors (Lipinski definition) is 3. The zero-order chi connectivity index (χ0) is 13.1. The van der Waals surface area contributed by atoms with Crippen molar-refractivity contribution in [3.8, 4) is 0 Å². The molecule has 0 aliphatic carbocycles.